The van der Waals surface area contributed by atoms with Gasteiger partial charge < -0.3 is 10.2 Å². The van der Waals surface area contributed by atoms with Crippen LogP contribution in [0, 0.1) is 0 Å². The summed E-state index contributed by atoms with van der Waals surface area (Å²) in [6, 6.07) is 13.4. The van der Waals surface area contributed by atoms with Crippen LogP contribution in [-0.2, 0) is 0 Å². The number of nitrogens with zero attached hydrogens (tertiary/aromatic N) is 3. The maximum Gasteiger partial charge on any atom is 0.322 e. The van der Waals surface area contributed by atoms with Crippen molar-refractivity contribution in [2.24, 2.45) is 0 Å². The van der Waals surface area contributed by atoms with Gasteiger partial charge in [0.15, 0.2) is 0 Å². The molecule has 0 fully saturated rings. The largest absolute Gasteiger partial charge is 0.322 e. The average Bonchev–Trinajstić information content (AvgIpc) is 2.56. The summed E-state index contributed by atoms with van der Waals surface area (Å²) in [5.41, 5.74) is 2.84. The zero-order valence-electron chi connectivity index (χ0n) is 12.4. The molecule has 112 valence electrons. The summed E-state index contributed by atoms with van der Waals surface area (Å²) in [5, 5.41) is 11.0. The Labute approximate surface area is 129 Å². The number of para-hydroxylation sites is 1. The van der Waals surface area contributed by atoms with Crippen molar-refractivity contribution < 1.29 is 4.79 Å². The van der Waals surface area contributed by atoms with Gasteiger partial charge in [0.1, 0.15) is 0 Å². The van der Waals surface area contributed by atoms with Crippen LogP contribution in [0.5, 0.6) is 0 Å². The van der Waals surface area contributed by atoms with Gasteiger partial charge in [0.2, 0.25) is 0 Å². The van der Waals surface area contributed by atoms with Crippen molar-refractivity contribution >= 4 is 17.3 Å². The smallest absolute Gasteiger partial charge is 0.318 e. The summed E-state index contributed by atoms with van der Waals surface area (Å²) in [6.07, 6.45) is 4.49. The number of carbonyl (C=O) groups excluding carboxylic acids is 1. The molecule has 1 aliphatic heterocycles. The van der Waals surface area contributed by atoms with E-state index in [1.807, 2.05) is 54.3 Å². The van der Waals surface area contributed by atoms with Gasteiger partial charge >= 0.3 is 6.03 Å². The van der Waals surface area contributed by atoms with E-state index in [1.165, 1.54) is 0 Å². The van der Waals surface area contributed by atoms with E-state index < -0.39 is 0 Å². The molecule has 0 saturated heterocycles. The van der Waals surface area contributed by atoms with Gasteiger partial charge in [-0.3, -0.25) is 0 Å². The van der Waals surface area contributed by atoms with Crippen LogP contribution in [0.15, 0.2) is 54.7 Å². The van der Waals surface area contributed by atoms with Crippen LogP contribution >= 0.6 is 0 Å². The van der Waals surface area contributed by atoms with Crippen molar-refractivity contribution in [3.05, 3.63) is 60.4 Å². The van der Waals surface area contributed by atoms with Crippen molar-refractivity contribution in [2.75, 3.05) is 11.9 Å². The molecule has 3 rings (SSSR count). The lowest BCUT2D eigenvalue weighted by Crippen LogP contribution is -2.43. The molecule has 22 heavy (non-hydrogen) atoms. The molecule has 0 saturated carbocycles. The molecule has 1 atom stereocenters. The predicted molar refractivity (Wildman–Crippen MR) is 86.3 cm³/mol. The molecule has 0 bridgehead atoms. The van der Waals surface area contributed by atoms with E-state index in [4.69, 9.17) is 0 Å². The lowest BCUT2D eigenvalue weighted by Gasteiger charge is -2.32. The monoisotopic (exact) mass is 294 g/mol. The number of amides is 2. The zero-order chi connectivity index (χ0) is 15.4. The van der Waals surface area contributed by atoms with E-state index in [0.29, 0.717) is 6.54 Å². The number of hydrogen-bond donors (Lipinski definition) is 1. The first-order valence-corrected chi connectivity index (χ1v) is 7.34. The standard InChI is InChI=1S/C17H18N4O/c1-13-12-14(16-8-5-10-18-20-16)9-11-21(13)17(22)19-15-6-3-2-4-7-15/h2-10,13H,11-12H2,1H3,(H,19,22)/t13-/m0/s1. The first-order chi connectivity index (χ1) is 10.7. The molecule has 0 unspecified atom stereocenters. The molecule has 1 aliphatic rings. The second-order valence-corrected chi connectivity index (χ2v) is 5.34. The number of benzene rings is 1. The summed E-state index contributed by atoms with van der Waals surface area (Å²) in [6.45, 7) is 2.62. The summed E-state index contributed by atoms with van der Waals surface area (Å²) < 4.78 is 0. The predicted octanol–water partition coefficient (Wildman–Crippen LogP) is 3.19. The summed E-state index contributed by atoms with van der Waals surface area (Å²) in [4.78, 5) is 14.2. The maximum absolute atomic E-state index is 12.4. The Balaban J connectivity index is 1.69. The van der Waals surface area contributed by atoms with Gasteiger partial charge in [-0.25, -0.2) is 4.79 Å². The summed E-state index contributed by atoms with van der Waals surface area (Å²) >= 11 is 0. The second-order valence-electron chi connectivity index (χ2n) is 5.34. The SMILES string of the molecule is C[C@H]1CC(c2cccnn2)=CCN1C(=O)Nc1ccccc1. The molecule has 1 aromatic heterocycles. The fraction of sp³-hybridized carbons (Fsp3) is 0.235. The minimum atomic E-state index is -0.0758. The lowest BCUT2D eigenvalue weighted by atomic mass is 9.99. The Bertz CT molecular complexity index is 670. The molecule has 0 radical (unpaired) electrons. The minimum Gasteiger partial charge on any atom is -0.318 e. The van der Waals surface area contributed by atoms with E-state index in [2.05, 4.69) is 21.6 Å². The molecular formula is C17H18N4O. The highest BCUT2D eigenvalue weighted by Crippen LogP contribution is 2.25. The van der Waals surface area contributed by atoms with E-state index in [9.17, 15) is 4.79 Å². The molecule has 1 N–H and O–H groups in total. The van der Waals surface area contributed by atoms with E-state index >= 15 is 0 Å². The maximum atomic E-state index is 12.4. The molecule has 0 spiro atoms. The summed E-state index contributed by atoms with van der Waals surface area (Å²) in [7, 11) is 0. The molecule has 2 amide bonds. The van der Waals surface area contributed by atoms with Crippen molar-refractivity contribution in [3.63, 3.8) is 0 Å². The van der Waals surface area contributed by atoms with Gasteiger partial charge in [0, 0.05) is 24.5 Å². The zero-order valence-corrected chi connectivity index (χ0v) is 12.4. The van der Waals surface area contributed by atoms with Crippen LogP contribution in [0.4, 0.5) is 10.5 Å². The molecule has 2 heterocycles. The number of carbonyl (C=O) groups is 1. The average molecular weight is 294 g/mol. The van der Waals surface area contributed by atoms with E-state index in [1.54, 1.807) is 6.20 Å². The summed E-state index contributed by atoms with van der Waals surface area (Å²) in [5.74, 6) is 0. The minimum absolute atomic E-state index is 0.0758. The first kappa shape index (κ1) is 14.3. The third-order valence-corrected chi connectivity index (χ3v) is 3.77. The Morgan fingerprint density at radius 2 is 2.05 bits per heavy atom. The molecule has 2 aromatic rings. The van der Waals surface area contributed by atoms with Gasteiger partial charge in [0.05, 0.1) is 5.69 Å². The van der Waals surface area contributed by atoms with Crippen LogP contribution in [0.1, 0.15) is 19.0 Å². The van der Waals surface area contributed by atoms with Crippen molar-refractivity contribution in [2.45, 2.75) is 19.4 Å². The Morgan fingerprint density at radius 1 is 1.23 bits per heavy atom. The number of nitrogens with one attached hydrogen (secondary N) is 1. The molecule has 0 aliphatic carbocycles. The Hall–Kier alpha value is -2.69. The second kappa shape index (κ2) is 6.39. The van der Waals surface area contributed by atoms with Crippen molar-refractivity contribution in [1.29, 1.82) is 0 Å². The van der Waals surface area contributed by atoms with Gasteiger partial charge in [-0.05, 0) is 43.2 Å². The molecular weight excluding hydrogens is 276 g/mol. The quantitative estimate of drug-likeness (QED) is 0.925. The number of rotatable bonds is 2. The number of hydrogen-bond acceptors (Lipinski definition) is 3. The highest BCUT2D eigenvalue weighted by atomic mass is 16.2. The number of urea groups is 1. The van der Waals surface area contributed by atoms with Gasteiger partial charge in [0.25, 0.3) is 0 Å². The third kappa shape index (κ3) is 3.14. The highest BCUT2D eigenvalue weighted by Gasteiger charge is 2.25. The van der Waals surface area contributed by atoms with Crippen molar-refractivity contribution in [1.82, 2.24) is 15.1 Å². The van der Waals surface area contributed by atoms with Crippen LogP contribution in [0.2, 0.25) is 0 Å². The Kier molecular flexibility index (Phi) is 4.14. The lowest BCUT2D eigenvalue weighted by molar-refractivity contribution is 0.198. The van der Waals surface area contributed by atoms with Gasteiger partial charge in [-0.2, -0.15) is 10.2 Å². The Morgan fingerprint density at radius 3 is 2.73 bits per heavy atom. The number of aromatic nitrogens is 2. The van der Waals surface area contributed by atoms with Crippen molar-refractivity contribution in [3.8, 4) is 0 Å². The van der Waals surface area contributed by atoms with E-state index in [0.717, 1.165) is 23.4 Å². The van der Waals surface area contributed by atoms with Crippen LogP contribution in [-0.4, -0.2) is 33.7 Å². The van der Waals surface area contributed by atoms with E-state index in [-0.39, 0.29) is 12.1 Å². The van der Waals surface area contributed by atoms with Crippen LogP contribution in [0.3, 0.4) is 0 Å². The fourth-order valence-electron chi connectivity index (χ4n) is 2.58. The first-order valence-electron chi connectivity index (χ1n) is 7.34. The normalized spacial score (nSPS) is 17.8. The topological polar surface area (TPSA) is 58.1 Å². The molecule has 5 nitrogen and oxygen atoms in total. The van der Waals surface area contributed by atoms with Crippen LogP contribution in [0.25, 0.3) is 5.57 Å². The van der Waals surface area contributed by atoms with Gasteiger partial charge in [-0.1, -0.05) is 24.3 Å². The number of anilines is 1. The fourth-order valence-corrected chi connectivity index (χ4v) is 2.58. The molecule has 5 heteroatoms. The van der Waals surface area contributed by atoms with Gasteiger partial charge in [-0.15, -0.1) is 0 Å². The van der Waals surface area contributed by atoms with Crippen LogP contribution < -0.4 is 5.32 Å². The third-order valence-electron chi connectivity index (χ3n) is 3.77. The molecule has 1 aromatic carbocycles. The highest BCUT2D eigenvalue weighted by molar-refractivity contribution is 5.90.